The highest BCUT2D eigenvalue weighted by Crippen LogP contribution is 1.99. The highest BCUT2D eigenvalue weighted by molar-refractivity contribution is 5.82. The van der Waals surface area contributed by atoms with Gasteiger partial charge in [0.15, 0.2) is 0 Å². The Bertz CT molecular complexity index is 247. The first-order valence-corrected chi connectivity index (χ1v) is 4.80. The van der Waals surface area contributed by atoms with Crippen molar-refractivity contribution in [3.05, 3.63) is 36.0 Å². The molecule has 0 atom stereocenters. The van der Waals surface area contributed by atoms with Crippen LogP contribution in [0.2, 0.25) is 0 Å². The van der Waals surface area contributed by atoms with Gasteiger partial charge in [0.1, 0.15) is 0 Å². The molecule has 0 fully saturated rings. The van der Waals surface area contributed by atoms with Crippen molar-refractivity contribution >= 4 is 5.97 Å². The minimum absolute atomic E-state index is 0.329. The largest absolute Gasteiger partial charge is 0.466 e. The highest BCUT2D eigenvalue weighted by atomic mass is 16.5. The zero-order chi connectivity index (χ0) is 10.8. The van der Waals surface area contributed by atoms with E-state index in [1.54, 1.807) is 6.08 Å². The molecule has 14 heavy (non-hydrogen) atoms. The molecule has 0 aliphatic rings. The van der Waals surface area contributed by atoms with Gasteiger partial charge in [-0.25, -0.2) is 4.79 Å². The summed E-state index contributed by atoms with van der Waals surface area (Å²) in [6, 6.07) is 0. The lowest BCUT2D eigenvalue weighted by molar-refractivity contribution is -0.134. The Labute approximate surface area is 86.0 Å². The number of methoxy groups -OCH3 is 1. The molecule has 0 saturated carbocycles. The average Bonchev–Trinajstić information content (AvgIpc) is 2.21. The number of allylic oxidation sites excluding steroid dienone is 5. The summed E-state index contributed by atoms with van der Waals surface area (Å²) in [6.45, 7) is 4.18. The number of carbonyl (C=O) groups excluding carboxylic acids is 1. The molecular weight excluding hydrogens is 176 g/mol. The third-order valence-electron chi connectivity index (χ3n) is 1.66. The fourth-order valence-electron chi connectivity index (χ4n) is 0.850. The predicted octanol–water partition coefficient (Wildman–Crippen LogP) is 3.02. The van der Waals surface area contributed by atoms with E-state index in [4.69, 9.17) is 0 Å². The Morgan fingerprint density at radius 3 is 2.50 bits per heavy atom. The third-order valence-corrected chi connectivity index (χ3v) is 1.66. The minimum Gasteiger partial charge on any atom is -0.466 e. The zero-order valence-corrected chi connectivity index (χ0v) is 9.12. The van der Waals surface area contributed by atoms with Crippen LogP contribution < -0.4 is 0 Å². The molecule has 2 nitrogen and oxygen atoms in total. The van der Waals surface area contributed by atoms with Gasteiger partial charge in [-0.05, 0) is 13.3 Å². The van der Waals surface area contributed by atoms with E-state index >= 15 is 0 Å². The van der Waals surface area contributed by atoms with Crippen molar-refractivity contribution in [1.82, 2.24) is 0 Å². The molecule has 0 spiro atoms. The summed E-state index contributed by atoms with van der Waals surface area (Å²) in [5.41, 5.74) is 1.21. The Morgan fingerprint density at radius 1 is 1.29 bits per heavy atom. The van der Waals surface area contributed by atoms with E-state index in [1.807, 2.05) is 19.1 Å². The first-order chi connectivity index (χ1) is 6.70. The Kier molecular flexibility index (Phi) is 7.52. The fourth-order valence-corrected chi connectivity index (χ4v) is 0.850. The molecule has 0 N–H and O–H groups in total. The number of ether oxygens (including phenoxy) is 1. The van der Waals surface area contributed by atoms with Gasteiger partial charge < -0.3 is 4.74 Å². The van der Waals surface area contributed by atoms with E-state index in [1.165, 1.54) is 18.8 Å². The molecular formula is C12H18O2. The molecule has 0 saturated heterocycles. The molecule has 0 bridgehead atoms. The quantitative estimate of drug-likeness (QED) is 0.382. The van der Waals surface area contributed by atoms with Crippen LogP contribution in [0.5, 0.6) is 0 Å². The van der Waals surface area contributed by atoms with Gasteiger partial charge in [-0.15, -0.1) is 0 Å². The SMILES string of the molecule is CCC/C=C(C)/C=C/C=C/C(=O)OC. The lowest BCUT2D eigenvalue weighted by atomic mass is 10.2. The van der Waals surface area contributed by atoms with E-state index < -0.39 is 0 Å². The zero-order valence-electron chi connectivity index (χ0n) is 9.12. The molecule has 78 valence electrons. The molecule has 0 aliphatic heterocycles. The Morgan fingerprint density at radius 2 is 1.93 bits per heavy atom. The van der Waals surface area contributed by atoms with E-state index in [-0.39, 0.29) is 5.97 Å². The molecule has 0 aromatic heterocycles. The molecule has 0 aromatic rings. The van der Waals surface area contributed by atoms with Gasteiger partial charge >= 0.3 is 5.97 Å². The summed E-state index contributed by atoms with van der Waals surface area (Å²) in [5.74, 6) is -0.329. The van der Waals surface area contributed by atoms with E-state index in [0.717, 1.165) is 12.8 Å². The molecule has 0 aliphatic carbocycles. The molecule has 0 aromatic carbocycles. The summed E-state index contributed by atoms with van der Waals surface area (Å²) in [4.78, 5) is 10.7. The number of esters is 1. The van der Waals surface area contributed by atoms with Crippen LogP contribution in [0.1, 0.15) is 26.7 Å². The van der Waals surface area contributed by atoms with Gasteiger partial charge in [0.25, 0.3) is 0 Å². The van der Waals surface area contributed by atoms with E-state index in [2.05, 4.69) is 17.7 Å². The summed E-state index contributed by atoms with van der Waals surface area (Å²) in [7, 11) is 1.36. The van der Waals surface area contributed by atoms with Gasteiger partial charge in [-0.2, -0.15) is 0 Å². The second-order valence-electron chi connectivity index (χ2n) is 2.98. The standard InChI is InChI=1S/C12H18O2/c1-4-5-8-11(2)9-6-7-10-12(13)14-3/h6-10H,4-5H2,1-3H3/b9-6+,10-7+,11-8+. The van der Waals surface area contributed by atoms with Gasteiger partial charge in [-0.1, -0.05) is 43.2 Å². The van der Waals surface area contributed by atoms with Crippen LogP contribution >= 0.6 is 0 Å². The number of carbonyl (C=O) groups is 1. The maximum atomic E-state index is 10.7. The van der Waals surface area contributed by atoms with Crippen LogP contribution in [0.3, 0.4) is 0 Å². The van der Waals surface area contributed by atoms with Crippen molar-refractivity contribution in [2.45, 2.75) is 26.7 Å². The number of rotatable bonds is 5. The topological polar surface area (TPSA) is 26.3 Å². The van der Waals surface area contributed by atoms with Gasteiger partial charge in [0.2, 0.25) is 0 Å². The van der Waals surface area contributed by atoms with Crippen LogP contribution in [0.4, 0.5) is 0 Å². The Balaban J connectivity index is 3.93. The van der Waals surface area contributed by atoms with Gasteiger partial charge in [0.05, 0.1) is 7.11 Å². The number of hydrogen-bond donors (Lipinski definition) is 0. The van der Waals surface area contributed by atoms with Crippen molar-refractivity contribution in [2.24, 2.45) is 0 Å². The van der Waals surface area contributed by atoms with Crippen molar-refractivity contribution < 1.29 is 9.53 Å². The first-order valence-electron chi connectivity index (χ1n) is 4.80. The minimum atomic E-state index is -0.329. The van der Waals surface area contributed by atoms with E-state index in [0.29, 0.717) is 0 Å². The lowest BCUT2D eigenvalue weighted by Gasteiger charge is -1.90. The molecule has 2 heteroatoms. The van der Waals surface area contributed by atoms with Crippen LogP contribution in [-0.4, -0.2) is 13.1 Å². The second-order valence-corrected chi connectivity index (χ2v) is 2.98. The highest BCUT2D eigenvalue weighted by Gasteiger charge is 1.86. The summed E-state index contributed by atoms with van der Waals surface area (Å²) in [5, 5.41) is 0. The summed E-state index contributed by atoms with van der Waals surface area (Å²) < 4.78 is 4.45. The van der Waals surface area contributed by atoms with Crippen LogP contribution in [0.15, 0.2) is 36.0 Å². The Hall–Kier alpha value is -1.31. The van der Waals surface area contributed by atoms with Gasteiger partial charge in [0, 0.05) is 6.08 Å². The molecule has 0 rings (SSSR count). The monoisotopic (exact) mass is 194 g/mol. The van der Waals surface area contributed by atoms with Crippen molar-refractivity contribution in [1.29, 1.82) is 0 Å². The smallest absolute Gasteiger partial charge is 0.330 e. The maximum Gasteiger partial charge on any atom is 0.330 e. The molecule has 0 amide bonds. The number of unbranched alkanes of at least 4 members (excludes halogenated alkanes) is 1. The van der Waals surface area contributed by atoms with Crippen LogP contribution in [0, 0.1) is 0 Å². The van der Waals surface area contributed by atoms with Gasteiger partial charge in [-0.3, -0.25) is 0 Å². The molecule has 0 unspecified atom stereocenters. The molecule has 0 radical (unpaired) electrons. The molecule has 0 heterocycles. The summed E-state index contributed by atoms with van der Waals surface area (Å²) >= 11 is 0. The van der Waals surface area contributed by atoms with Crippen LogP contribution in [0.25, 0.3) is 0 Å². The van der Waals surface area contributed by atoms with Crippen molar-refractivity contribution in [3.8, 4) is 0 Å². The third kappa shape index (κ3) is 7.35. The fraction of sp³-hybridized carbons (Fsp3) is 0.417. The predicted molar refractivity (Wildman–Crippen MR) is 59.0 cm³/mol. The maximum absolute atomic E-state index is 10.7. The van der Waals surface area contributed by atoms with Crippen molar-refractivity contribution in [3.63, 3.8) is 0 Å². The first kappa shape index (κ1) is 12.7. The van der Waals surface area contributed by atoms with Crippen molar-refractivity contribution in [2.75, 3.05) is 7.11 Å². The second kappa shape index (κ2) is 8.30. The lowest BCUT2D eigenvalue weighted by Crippen LogP contribution is -1.92. The summed E-state index contributed by atoms with van der Waals surface area (Å²) in [6.07, 6.45) is 11.3. The average molecular weight is 194 g/mol. The van der Waals surface area contributed by atoms with Crippen LogP contribution in [-0.2, 0) is 9.53 Å². The number of hydrogen-bond acceptors (Lipinski definition) is 2. The normalized spacial score (nSPS) is 12.6. The van der Waals surface area contributed by atoms with E-state index in [9.17, 15) is 4.79 Å².